The average molecular weight is 187 g/mol. The van der Waals surface area contributed by atoms with E-state index in [4.69, 9.17) is 11.6 Å². The minimum absolute atomic E-state index is 0.571. The highest BCUT2D eigenvalue weighted by Crippen LogP contribution is 2.11. The van der Waals surface area contributed by atoms with Gasteiger partial charge in [-0.2, -0.15) is 5.10 Å². The van der Waals surface area contributed by atoms with Crippen molar-refractivity contribution in [2.45, 2.75) is 19.8 Å². The second kappa shape index (κ2) is 4.51. The van der Waals surface area contributed by atoms with Gasteiger partial charge in [0.1, 0.15) is 0 Å². The lowest BCUT2D eigenvalue weighted by atomic mass is 10.0. The van der Waals surface area contributed by atoms with Gasteiger partial charge in [-0.05, 0) is 18.4 Å². The van der Waals surface area contributed by atoms with E-state index in [2.05, 4.69) is 18.1 Å². The van der Waals surface area contributed by atoms with Gasteiger partial charge < -0.3 is 0 Å². The maximum absolute atomic E-state index is 5.79. The smallest absolute Gasteiger partial charge is 0.0627 e. The van der Waals surface area contributed by atoms with Crippen LogP contribution in [-0.4, -0.2) is 15.7 Å². The van der Waals surface area contributed by atoms with E-state index >= 15 is 0 Å². The standard InChI is InChI=1S/C9H15ClN2/c1-3-8(7-10)6-9-4-5-12(2)11-9/h4-5,8H,3,6-7H2,1-2H3. The Morgan fingerprint density at radius 1 is 1.67 bits per heavy atom. The van der Waals surface area contributed by atoms with Gasteiger partial charge in [0.25, 0.3) is 0 Å². The third-order valence-electron chi connectivity index (χ3n) is 2.06. The fraction of sp³-hybridized carbons (Fsp3) is 0.667. The van der Waals surface area contributed by atoms with E-state index in [-0.39, 0.29) is 0 Å². The molecule has 0 bridgehead atoms. The van der Waals surface area contributed by atoms with Gasteiger partial charge in [0, 0.05) is 19.1 Å². The molecule has 1 rings (SSSR count). The van der Waals surface area contributed by atoms with Gasteiger partial charge in [0.05, 0.1) is 5.69 Å². The van der Waals surface area contributed by atoms with Crippen molar-refractivity contribution in [3.05, 3.63) is 18.0 Å². The molecule has 1 heterocycles. The Balaban J connectivity index is 2.50. The molecule has 3 heteroatoms. The van der Waals surface area contributed by atoms with Gasteiger partial charge in [-0.1, -0.05) is 13.3 Å². The van der Waals surface area contributed by atoms with Crippen molar-refractivity contribution in [3.8, 4) is 0 Å². The molecule has 1 unspecified atom stereocenters. The first-order valence-corrected chi connectivity index (χ1v) is 4.84. The van der Waals surface area contributed by atoms with Gasteiger partial charge in [-0.15, -0.1) is 11.6 Å². The second-order valence-corrected chi connectivity index (χ2v) is 3.42. The summed E-state index contributed by atoms with van der Waals surface area (Å²) in [7, 11) is 1.94. The molecule has 0 fully saturated rings. The number of nitrogens with zero attached hydrogens (tertiary/aromatic N) is 2. The Morgan fingerprint density at radius 2 is 2.42 bits per heavy atom. The molecule has 0 N–H and O–H groups in total. The second-order valence-electron chi connectivity index (χ2n) is 3.11. The molecule has 2 nitrogen and oxygen atoms in total. The van der Waals surface area contributed by atoms with Crippen molar-refractivity contribution in [3.63, 3.8) is 0 Å². The first kappa shape index (κ1) is 9.59. The molecule has 0 aliphatic rings. The number of halogens is 1. The van der Waals surface area contributed by atoms with Crippen molar-refractivity contribution < 1.29 is 0 Å². The fourth-order valence-electron chi connectivity index (χ4n) is 1.18. The van der Waals surface area contributed by atoms with Crippen LogP contribution in [0.25, 0.3) is 0 Å². The molecule has 1 atom stereocenters. The van der Waals surface area contributed by atoms with Crippen LogP contribution in [0.5, 0.6) is 0 Å². The largest absolute Gasteiger partial charge is 0.276 e. The number of hydrogen-bond donors (Lipinski definition) is 0. The predicted octanol–water partition coefficient (Wildman–Crippen LogP) is 2.23. The average Bonchev–Trinajstić information content (AvgIpc) is 2.47. The maximum Gasteiger partial charge on any atom is 0.0627 e. The van der Waals surface area contributed by atoms with Crippen LogP contribution in [0.2, 0.25) is 0 Å². The highest BCUT2D eigenvalue weighted by molar-refractivity contribution is 6.18. The Morgan fingerprint density at radius 3 is 2.83 bits per heavy atom. The molecule has 0 amide bonds. The van der Waals surface area contributed by atoms with Gasteiger partial charge in [-0.3, -0.25) is 4.68 Å². The van der Waals surface area contributed by atoms with Crippen LogP contribution in [0, 0.1) is 5.92 Å². The zero-order valence-corrected chi connectivity index (χ0v) is 8.38. The Hall–Kier alpha value is -0.500. The summed E-state index contributed by atoms with van der Waals surface area (Å²) in [4.78, 5) is 0. The number of rotatable bonds is 4. The molecule has 0 radical (unpaired) electrons. The van der Waals surface area contributed by atoms with E-state index in [1.807, 2.05) is 17.9 Å². The molecule has 1 aromatic heterocycles. The zero-order valence-electron chi connectivity index (χ0n) is 7.63. The molecule has 0 spiro atoms. The van der Waals surface area contributed by atoms with Crippen molar-refractivity contribution in [2.24, 2.45) is 13.0 Å². The highest BCUT2D eigenvalue weighted by Gasteiger charge is 2.07. The van der Waals surface area contributed by atoms with Crippen LogP contribution >= 0.6 is 11.6 Å². The quantitative estimate of drug-likeness (QED) is 0.660. The van der Waals surface area contributed by atoms with E-state index in [0.717, 1.165) is 24.4 Å². The van der Waals surface area contributed by atoms with E-state index in [0.29, 0.717) is 5.92 Å². The molecular weight excluding hydrogens is 172 g/mol. The first-order chi connectivity index (χ1) is 5.76. The number of alkyl halides is 1. The third kappa shape index (κ3) is 2.52. The van der Waals surface area contributed by atoms with Crippen LogP contribution in [0.3, 0.4) is 0 Å². The summed E-state index contributed by atoms with van der Waals surface area (Å²) in [6.45, 7) is 2.16. The summed E-state index contributed by atoms with van der Waals surface area (Å²) in [5.41, 5.74) is 1.14. The molecular formula is C9H15ClN2. The van der Waals surface area contributed by atoms with E-state index in [1.165, 1.54) is 0 Å². The topological polar surface area (TPSA) is 17.8 Å². The summed E-state index contributed by atoms with van der Waals surface area (Å²) in [6, 6.07) is 2.05. The molecule has 68 valence electrons. The summed E-state index contributed by atoms with van der Waals surface area (Å²) in [5.74, 6) is 1.30. The van der Waals surface area contributed by atoms with E-state index in [9.17, 15) is 0 Å². The van der Waals surface area contributed by atoms with E-state index in [1.54, 1.807) is 0 Å². The van der Waals surface area contributed by atoms with Crippen LogP contribution in [0.1, 0.15) is 19.0 Å². The molecule has 0 saturated carbocycles. The molecule has 0 saturated heterocycles. The summed E-state index contributed by atoms with van der Waals surface area (Å²) in [6.07, 6.45) is 4.09. The summed E-state index contributed by atoms with van der Waals surface area (Å²) in [5, 5.41) is 4.30. The predicted molar refractivity (Wildman–Crippen MR) is 51.4 cm³/mol. The van der Waals surface area contributed by atoms with Crippen LogP contribution in [-0.2, 0) is 13.5 Å². The van der Waals surface area contributed by atoms with Gasteiger partial charge in [0.2, 0.25) is 0 Å². The van der Waals surface area contributed by atoms with Crippen LogP contribution in [0.4, 0.5) is 0 Å². The monoisotopic (exact) mass is 186 g/mol. The number of hydrogen-bond acceptors (Lipinski definition) is 1. The number of aromatic nitrogens is 2. The number of aryl methyl sites for hydroxylation is 1. The van der Waals surface area contributed by atoms with Gasteiger partial charge in [-0.25, -0.2) is 0 Å². The van der Waals surface area contributed by atoms with Crippen molar-refractivity contribution in [2.75, 3.05) is 5.88 Å². The maximum atomic E-state index is 5.79. The molecule has 0 aromatic carbocycles. The normalized spacial score (nSPS) is 13.2. The zero-order chi connectivity index (χ0) is 8.97. The summed E-state index contributed by atoms with van der Waals surface area (Å²) < 4.78 is 1.83. The lowest BCUT2D eigenvalue weighted by Crippen LogP contribution is -2.05. The SMILES string of the molecule is CCC(CCl)Cc1ccn(C)n1. The molecule has 0 aliphatic carbocycles. The Bertz CT molecular complexity index is 228. The van der Waals surface area contributed by atoms with Crippen molar-refractivity contribution >= 4 is 11.6 Å². The minimum Gasteiger partial charge on any atom is -0.276 e. The van der Waals surface area contributed by atoms with Crippen molar-refractivity contribution in [1.29, 1.82) is 0 Å². The minimum atomic E-state index is 0.571. The van der Waals surface area contributed by atoms with Gasteiger partial charge >= 0.3 is 0 Å². The fourth-order valence-corrected chi connectivity index (χ4v) is 1.50. The van der Waals surface area contributed by atoms with Crippen LogP contribution in [0.15, 0.2) is 12.3 Å². The third-order valence-corrected chi connectivity index (χ3v) is 2.50. The molecule has 0 aliphatic heterocycles. The molecule has 1 aromatic rings. The molecule has 12 heavy (non-hydrogen) atoms. The Labute approximate surface area is 78.5 Å². The van der Waals surface area contributed by atoms with Crippen molar-refractivity contribution in [1.82, 2.24) is 9.78 Å². The lowest BCUT2D eigenvalue weighted by Gasteiger charge is -2.07. The van der Waals surface area contributed by atoms with Crippen LogP contribution < -0.4 is 0 Å². The van der Waals surface area contributed by atoms with Gasteiger partial charge in [0.15, 0.2) is 0 Å². The van der Waals surface area contributed by atoms with E-state index < -0.39 is 0 Å². The Kier molecular flexibility index (Phi) is 3.60. The highest BCUT2D eigenvalue weighted by atomic mass is 35.5. The summed E-state index contributed by atoms with van der Waals surface area (Å²) >= 11 is 5.79. The lowest BCUT2D eigenvalue weighted by molar-refractivity contribution is 0.553. The first-order valence-electron chi connectivity index (χ1n) is 4.30.